The third kappa shape index (κ3) is 4.08. The average Bonchev–Trinajstić information content (AvgIpc) is 3.14. The van der Waals surface area contributed by atoms with E-state index in [4.69, 9.17) is 5.73 Å². The molecule has 1 saturated heterocycles. The zero-order valence-corrected chi connectivity index (χ0v) is 17.3. The van der Waals surface area contributed by atoms with Crippen LogP contribution >= 0.6 is 11.3 Å². The van der Waals surface area contributed by atoms with Gasteiger partial charge in [0, 0.05) is 37.3 Å². The van der Waals surface area contributed by atoms with E-state index >= 15 is 0 Å². The van der Waals surface area contributed by atoms with Crippen LogP contribution in [-0.2, 0) is 11.3 Å². The molecule has 1 aromatic heterocycles. The largest absolute Gasteiger partial charge is 0.397 e. The Kier molecular flexibility index (Phi) is 6.11. The number of nitrogens with two attached hydrogens (primary N) is 1. The van der Waals surface area contributed by atoms with E-state index in [-0.39, 0.29) is 11.8 Å². The van der Waals surface area contributed by atoms with E-state index in [0.717, 1.165) is 29.1 Å². The van der Waals surface area contributed by atoms with Gasteiger partial charge in [-0.15, -0.1) is 11.3 Å². The molecule has 3 aromatic rings. The van der Waals surface area contributed by atoms with Crippen molar-refractivity contribution in [3.63, 3.8) is 0 Å². The van der Waals surface area contributed by atoms with Crippen molar-refractivity contribution in [2.75, 3.05) is 30.7 Å². The highest BCUT2D eigenvalue weighted by molar-refractivity contribution is 7.19. The van der Waals surface area contributed by atoms with E-state index in [9.17, 15) is 9.59 Å². The van der Waals surface area contributed by atoms with Crippen LogP contribution in [0.4, 0.5) is 10.7 Å². The summed E-state index contributed by atoms with van der Waals surface area (Å²) in [6, 6.07) is 19.0. The number of thiophene rings is 1. The van der Waals surface area contributed by atoms with Gasteiger partial charge in [0.1, 0.15) is 4.88 Å². The third-order valence-electron chi connectivity index (χ3n) is 5.28. The fourth-order valence-electron chi connectivity index (χ4n) is 3.70. The second-order valence-corrected chi connectivity index (χ2v) is 8.21. The van der Waals surface area contributed by atoms with Crippen molar-refractivity contribution < 1.29 is 9.59 Å². The molecule has 0 spiro atoms. The number of hydrogen-bond donors (Lipinski definition) is 3. The lowest BCUT2D eigenvalue weighted by Crippen LogP contribution is -2.45. The van der Waals surface area contributed by atoms with E-state index in [1.807, 2.05) is 48.5 Å². The Balaban J connectivity index is 1.72. The number of carbonyl (C=O) groups excluding carboxylic acids is 2. The zero-order valence-electron chi connectivity index (χ0n) is 16.5. The number of nitrogen functional groups attached to an aromatic ring is 1. The van der Waals surface area contributed by atoms with Gasteiger partial charge >= 0.3 is 0 Å². The summed E-state index contributed by atoms with van der Waals surface area (Å²) in [5, 5.41) is 7.62. The fourth-order valence-corrected chi connectivity index (χ4v) is 4.84. The second-order valence-electron chi connectivity index (χ2n) is 7.19. The highest BCUT2D eigenvalue weighted by Crippen LogP contribution is 2.43. The van der Waals surface area contributed by atoms with Crippen LogP contribution in [0.3, 0.4) is 0 Å². The van der Waals surface area contributed by atoms with Crippen molar-refractivity contribution >= 4 is 34.2 Å². The summed E-state index contributed by atoms with van der Waals surface area (Å²) < 4.78 is 0. The quantitative estimate of drug-likeness (QED) is 0.403. The van der Waals surface area contributed by atoms with Crippen molar-refractivity contribution in [1.82, 2.24) is 10.2 Å². The Labute approximate surface area is 179 Å². The molecule has 4 N–H and O–H groups in total. The monoisotopic (exact) mass is 420 g/mol. The highest BCUT2D eigenvalue weighted by Gasteiger charge is 2.31. The van der Waals surface area contributed by atoms with Gasteiger partial charge in [0.05, 0.1) is 16.7 Å². The van der Waals surface area contributed by atoms with Gasteiger partial charge in [-0.1, -0.05) is 60.7 Å². The van der Waals surface area contributed by atoms with Crippen LogP contribution < -0.4 is 16.4 Å². The van der Waals surface area contributed by atoms with Crippen LogP contribution in [0.15, 0.2) is 60.7 Å². The fraction of sp³-hybridized carbons (Fsp3) is 0.217. The third-order valence-corrected chi connectivity index (χ3v) is 6.45. The average molecular weight is 421 g/mol. The Morgan fingerprint density at radius 1 is 1.17 bits per heavy atom. The predicted octanol–water partition coefficient (Wildman–Crippen LogP) is 3.28. The molecule has 4 rings (SSSR count). The van der Waals surface area contributed by atoms with Gasteiger partial charge in [-0.2, -0.15) is 0 Å². The number of ketones is 1. The molecular formula is C23H24N4O2S. The van der Waals surface area contributed by atoms with Crippen molar-refractivity contribution in [1.29, 1.82) is 0 Å². The topological polar surface area (TPSA) is 87.5 Å². The molecule has 6 nitrogen and oxygen atoms in total. The number of rotatable bonds is 7. The van der Waals surface area contributed by atoms with Gasteiger partial charge in [-0.3, -0.25) is 9.59 Å². The first kappa shape index (κ1) is 20.1. The van der Waals surface area contributed by atoms with E-state index in [2.05, 4.69) is 10.6 Å². The number of piperazine rings is 1. The molecule has 1 aliphatic heterocycles. The number of amides is 1. The smallest absolute Gasteiger partial charge is 0.210 e. The number of nitrogens with zero attached hydrogens (tertiary/aromatic N) is 1. The SMILES string of the molecule is Nc1c(C(=O)c2ccccc2)sc(NCc2ccccc2)c1C1CNCCN1C=O. The highest BCUT2D eigenvalue weighted by atomic mass is 32.1. The second kappa shape index (κ2) is 9.11. The summed E-state index contributed by atoms with van der Waals surface area (Å²) in [5.74, 6) is -0.103. The lowest BCUT2D eigenvalue weighted by molar-refractivity contribution is -0.121. The molecule has 7 heteroatoms. The first-order chi connectivity index (χ1) is 14.7. The number of nitrogens with one attached hydrogen (secondary N) is 2. The Morgan fingerprint density at radius 2 is 1.87 bits per heavy atom. The van der Waals surface area contributed by atoms with Crippen LogP contribution in [0.5, 0.6) is 0 Å². The molecule has 0 bridgehead atoms. The first-order valence-electron chi connectivity index (χ1n) is 9.90. The Morgan fingerprint density at radius 3 is 2.57 bits per heavy atom. The molecule has 0 radical (unpaired) electrons. The van der Waals surface area contributed by atoms with Crippen LogP contribution in [0.25, 0.3) is 0 Å². The van der Waals surface area contributed by atoms with Gasteiger partial charge in [0.2, 0.25) is 12.2 Å². The van der Waals surface area contributed by atoms with Crippen LogP contribution in [0.1, 0.15) is 32.4 Å². The summed E-state index contributed by atoms with van der Waals surface area (Å²) >= 11 is 1.36. The van der Waals surface area contributed by atoms with Gasteiger partial charge in [-0.25, -0.2) is 0 Å². The van der Waals surface area contributed by atoms with Gasteiger partial charge < -0.3 is 21.3 Å². The maximum absolute atomic E-state index is 13.1. The van der Waals surface area contributed by atoms with E-state index in [0.29, 0.717) is 35.8 Å². The standard InChI is InChI=1S/C23H24N4O2S/c24-20-19(18-14-25-11-12-27(18)15-28)23(26-13-16-7-3-1-4-8-16)30-22(20)21(29)17-9-5-2-6-10-17/h1-10,15,18,25-26H,11-14,24H2. The predicted molar refractivity (Wildman–Crippen MR) is 121 cm³/mol. The van der Waals surface area contributed by atoms with Crippen LogP contribution in [-0.4, -0.2) is 36.7 Å². The number of benzene rings is 2. The lowest BCUT2D eigenvalue weighted by Gasteiger charge is -2.34. The minimum absolute atomic E-state index is 0.103. The van der Waals surface area contributed by atoms with E-state index < -0.39 is 0 Å². The van der Waals surface area contributed by atoms with Crippen molar-refractivity contribution in [3.8, 4) is 0 Å². The molecule has 1 atom stereocenters. The molecule has 1 aliphatic rings. The molecule has 30 heavy (non-hydrogen) atoms. The number of anilines is 2. The Bertz CT molecular complexity index is 1020. The molecule has 2 aromatic carbocycles. The van der Waals surface area contributed by atoms with Crippen molar-refractivity contribution in [2.24, 2.45) is 0 Å². The van der Waals surface area contributed by atoms with Crippen LogP contribution in [0, 0.1) is 0 Å². The summed E-state index contributed by atoms with van der Waals surface area (Å²) in [4.78, 5) is 27.1. The molecule has 1 fully saturated rings. The summed E-state index contributed by atoms with van der Waals surface area (Å²) in [6.07, 6.45) is 0.863. The summed E-state index contributed by atoms with van der Waals surface area (Å²) in [5.41, 5.74) is 9.52. The molecule has 0 saturated carbocycles. The first-order valence-corrected chi connectivity index (χ1v) is 10.7. The number of carbonyl (C=O) groups is 2. The van der Waals surface area contributed by atoms with Crippen molar-refractivity contribution in [3.05, 3.63) is 82.2 Å². The summed E-state index contributed by atoms with van der Waals surface area (Å²) in [7, 11) is 0. The summed E-state index contributed by atoms with van der Waals surface area (Å²) in [6.45, 7) is 2.54. The van der Waals surface area contributed by atoms with Crippen molar-refractivity contribution in [2.45, 2.75) is 12.6 Å². The maximum atomic E-state index is 13.1. The Hall–Kier alpha value is -3.16. The molecular weight excluding hydrogens is 396 g/mol. The van der Waals surface area contributed by atoms with E-state index in [1.54, 1.807) is 17.0 Å². The van der Waals surface area contributed by atoms with Crippen LogP contribution in [0.2, 0.25) is 0 Å². The molecule has 154 valence electrons. The molecule has 0 aliphatic carbocycles. The minimum atomic E-state index is -0.219. The van der Waals surface area contributed by atoms with Gasteiger partial charge in [0.15, 0.2) is 0 Å². The van der Waals surface area contributed by atoms with Gasteiger partial charge in [0.25, 0.3) is 0 Å². The molecule has 1 amide bonds. The number of hydrogen-bond acceptors (Lipinski definition) is 6. The normalized spacial score (nSPS) is 16.3. The molecule has 2 heterocycles. The molecule has 1 unspecified atom stereocenters. The maximum Gasteiger partial charge on any atom is 0.210 e. The zero-order chi connectivity index (χ0) is 20.9. The lowest BCUT2D eigenvalue weighted by atomic mass is 10.0. The minimum Gasteiger partial charge on any atom is -0.397 e. The van der Waals surface area contributed by atoms with Gasteiger partial charge in [-0.05, 0) is 5.56 Å². The van der Waals surface area contributed by atoms with E-state index in [1.165, 1.54) is 11.3 Å².